The molecule has 0 spiro atoms. The van der Waals surface area contributed by atoms with Gasteiger partial charge in [0.1, 0.15) is 6.54 Å². The van der Waals surface area contributed by atoms with E-state index < -0.39 is 16.0 Å². The maximum atomic E-state index is 12.4. The zero-order valence-electron chi connectivity index (χ0n) is 12.2. The van der Waals surface area contributed by atoms with Crippen molar-refractivity contribution >= 4 is 21.9 Å². The molecule has 0 bridgehead atoms. The number of hydrogen-bond acceptors (Lipinski definition) is 4. The Kier molecular flexibility index (Phi) is 4.88. The van der Waals surface area contributed by atoms with Crippen molar-refractivity contribution in [1.29, 1.82) is 0 Å². The van der Waals surface area contributed by atoms with Crippen molar-refractivity contribution < 1.29 is 23.1 Å². The van der Waals surface area contributed by atoms with Gasteiger partial charge in [-0.2, -0.15) is 0 Å². The number of carbonyl (C=O) groups excluding carboxylic acids is 1. The molecular formula is C13H22N2O5S. The molecule has 0 unspecified atom stereocenters. The standard InChI is InChI=1S/C13H22N2O5S/c1-21(19,20)15-6-4-11(5-7-15)13(18)14(9-12(16)17)8-10-2-3-10/h10-11H,2-9H2,1H3,(H,16,17). The summed E-state index contributed by atoms with van der Waals surface area (Å²) < 4.78 is 24.3. The van der Waals surface area contributed by atoms with Crippen molar-refractivity contribution in [3.63, 3.8) is 0 Å². The summed E-state index contributed by atoms with van der Waals surface area (Å²) in [4.78, 5) is 24.8. The lowest BCUT2D eigenvalue weighted by Gasteiger charge is -2.32. The normalized spacial score (nSPS) is 21.2. The molecule has 1 saturated heterocycles. The van der Waals surface area contributed by atoms with Gasteiger partial charge >= 0.3 is 5.97 Å². The fourth-order valence-electron chi connectivity index (χ4n) is 2.70. The summed E-state index contributed by atoms with van der Waals surface area (Å²) in [5.74, 6) is -0.972. The number of carbonyl (C=O) groups is 2. The molecule has 0 radical (unpaired) electrons. The molecule has 0 aromatic heterocycles. The van der Waals surface area contributed by atoms with Crippen LogP contribution in [0.1, 0.15) is 25.7 Å². The second kappa shape index (κ2) is 6.31. The average Bonchev–Trinajstić information content (AvgIpc) is 3.20. The molecule has 7 nitrogen and oxygen atoms in total. The molecule has 1 N–H and O–H groups in total. The van der Waals surface area contributed by atoms with Crippen LogP contribution in [0.5, 0.6) is 0 Å². The Bertz CT molecular complexity index is 507. The molecule has 1 aliphatic heterocycles. The van der Waals surface area contributed by atoms with E-state index in [9.17, 15) is 18.0 Å². The first-order valence-electron chi connectivity index (χ1n) is 7.23. The van der Waals surface area contributed by atoms with E-state index >= 15 is 0 Å². The van der Waals surface area contributed by atoms with Crippen LogP contribution in [0.3, 0.4) is 0 Å². The largest absolute Gasteiger partial charge is 0.480 e. The highest BCUT2D eigenvalue weighted by Gasteiger charge is 2.34. The Labute approximate surface area is 125 Å². The molecule has 0 atom stereocenters. The number of rotatable bonds is 6. The van der Waals surface area contributed by atoms with E-state index in [2.05, 4.69) is 0 Å². The first kappa shape index (κ1) is 16.2. The SMILES string of the molecule is CS(=O)(=O)N1CCC(C(=O)N(CC(=O)O)CC2CC2)CC1. The van der Waals surface area contributed by atoms with Crippen molar-refractivity contribution in [2.45, 2.75) is 25.7 Å². The van der Waals surface area contributed by atoms with Gasteiger partial charge in [-0.1, -0.05) is 0 Å². The van der Waals surface area contributed by atoms with Gasteiger partial charge in [0, 0.05) is 25.6 Å². The number of piperidine rings is 1. The number of carboxylic acids is 1. The predicted molar refractivity (Wildman–Crippen MR) is 76.1 cm³/mol. The number of amides is 1. The van der Waals surface area contributed by atoms with E-state index in [0.717, 1.165) is 12.8 Å². The first-order chi connectivity index (χ1) is 9.77. The van der Waals surface area contributed by atoms with Gasteiger partial charge in [0.2, 0.25) is 15.9 Å². The summed E-state index contributed by atoms with van der Waals surface area (Å²) in [6, 6.07) is 0. The van der Waals surface area contributed by atoms with Crippen molar-refractivity contribution in [1.82, 2.24) is 9.21 Å². The van der Waals surface area contributed by atoms with Crippen LogP contribution in [-0.4, -0.2) is 67.0 Å². The van der Waals surface area contributed by atoms with Crippen molar-refractivity contribution in [3.8, 4) is 0 Å². The molecule has 1 saturated carbocycles. The van der Waals surface area contributed by atoms with E-state index in [1.54, 1.807) is 0 Å². The fraction of sp³-hybridized carbons (Fsp3) is 0.846. The number of nitrogens with zero attached hydrogens (tertiary/aromatic N) is 2. The molecule has 1 aliphatic carbocycles. The van der Waals surface area contributed by atoms with E-state index in [-0.39, 0.29) is 18.4 Å². The van der Waals surface area contributed by atoms with Gasteiger partial charge in [-0.3, -0.25) is 9.59 Å². The van der Waals surface area contributed by atoms with Crippen LogP contribution in [0.25, 0.3) is 0 Å². The molecule has 120 valence electrons. The minimum Gasteiger partial charge on any atom is -0.480 e. The fourth-order valence-corrected chi connectivity index (χ4v) is 3.57. The molecule has 21 heavy (non-hydrogen) atoms. The third-order valence-electron chi connectivity index (χ3n) is 4.09. The molecule has 0 aromatic rings. The van der Waals surface area contributed by atoms with Crippen LogP contribution in [0, 0.1) is 11.8 Å². The lowest BCUT2D eigenvalue weighted by Crippen LogP contribution is -2.46. The molecular weight excluding hydrogens is 296 g/mol. The van der Waals surface area contributed by atoms with Gasteiger partial charge in [-0.15, -0.1) is 0 Å². The van der Waals surface area contributed by atoms with Gasteiger partial charge in [0.25, 0.3) is 0 Å². The molecule has 0 aromatic carbocycles. The first-order valence-corrected chi connectivity index (χ1v) is 9.08. The second-order valence-corrected chi connectivity index (χ2v) is 7.97. The van der Waals surface area contributed by atoms with Gasteiger partial charge in [0.05, 0.1) is 6.26 Å². The van der Waals surface area contributed by atoms with Crippen LogP contribution in [0.15, 0.2) is 0 Å². The van der Waals surface area contributed by atoms with Crippen LogP contribution in [0.4, 0.5) is 0 Å². The Balaban J connectivity index is 1.93. The van der Waals surface area contributed by atoms with Crippen molar-refractivity contribution in [2.24, 2.45) is 11.8 Å². The highest BCUT2D eigenvalue weighted by atomic mass is 32.2. The van der Waals surface area contributed by atoms with Crippen LogP contribution in [-0.2, 0) is 19.6 Å². The Hall–Kier alpha value is -1.15. The van der Waals surface area contributed by atoms with E-state index in [0.29, 0.717) is 38.4 Å². The summed E-state index contributed by atoms with van der Waals surface area (Å²) in [5, 5.41) is 8.93. The summed E-state index contributed by atoms with van der Waals surface area (Å²) >= 11 is 0. The van der Waals surface area contributed by atoms with E-state index in [4.69, 9.17) is 5.11 Å². The number of aliphatic carboxylic acids is 1. The van der Waals surface area contributed by atoms with Crippen molar-refractivity contribution in [3.05, 3.63) is 0 Å². The Morgan fingerprint density at radius 2 is 1.76 bits per heavy atom. The monoisotopic (exact) mass is 318 g/mol. The zero-order valence-corrected chi connectivity index (χ0v) is 13.0. The summed E-state index contributed by atoms with van der Waals surface area (Å²) in [6.45, 7) is 0.915. The maximum absolute atomic E-state index is 12.4. The van der Waals surface area contributed by atoms with E-state index in [1.807, 2.05) is 0 Å². The highest BCUT2D eigenvalue weighted by Crippen LogP contribution is 2.31. The third kappa shape index (κ3) is 4.67. The number of carboxylic acid groups (broad SMARTS) is 1. The van der Waals surface area contributed by atoms with Gasteiger partial charge < -0.3 is 10.0 Å². The lowest BCUT2D eigenvalue weighted by molar-refractivity contribution is -0.147. The van der Waals surface area contributed by atoms with Gasteiger partial charge in [-0.05, 0) is 31.6 Å². The Morgan fingerprint density at radius 3 is 2.19 bits per heavy atom. The number of hydrogen-bond donors (Lipinski definition) is 1. The van der Waals surface area contributed by atoms with E-state index in [1.165, 1.54) is 15.5 Å². The maximum Gasteiger partial charge on any atom is 0.323 e. The molecule has 2 rings (SSSR count). The summed E-state index contributed by atoms with van der Waals surface area (Å²) in [5.41, 5.74) is 0. The summed E-state index contributed by atoms with van der Waals surface area (Å²) in [7, 11) is -3.21. The Morgan fingerprint density at radius 1 is 1.19 bits per heavy atom. The topological polar surface area (TPSA) is 95.0 Å². The third-order valence-corrected chi connectivity index (χ3v) is 5.39. The van der Waals surface area contributed by atoms with Crippen molar-refractivity contribution in [2.75, 3.05) is 32.4 Å². The molecule has 1 heterocycles. The highest BCUT2D eigenvalue weighted by molar-refractivity contribution is 7.88. The zero-order chi connectivity index (χ0) is 15.6. The van der Waals surface area contributed by atoms with Gasteiger partial charge in [-0.25, -0.2) is 12.7 Å². The molecule has 8 heteroatoms. The van der Waals surface area contributed by atoms with Crippen LogP contribution >= 0.6 is 0 Å². The minimum atomic E-state index is -3.21. The summed E-state index contributed by atoms with van der Waals surface area (Å²) in [6.07, 6.45) is 4.20. The van der Waals surface area contributed by atoms with Crippen LogP contribution in [0.2, 0.25) is 0 Å². The minimum absolute atomic E-state index is 0.141. The molecule has 2 aliphatic rings. The second-order valence-electron chi connectivity index (χ2n) is 5.99. The quantitative estimate of drug-likeness (QED) is 0.743. The van der Waals surface area contributed by atoms with Gasteiger partial charge in [0.15, 0.2) is 0 Å². The molecule has 2 fully saturated rings. The molecule has 1 amide bonds. The lowest BCUT2D eigenvalue weighted by atomic mass is 9.96. The van der Waals surface area contributed by atoms with Crippen LogP contribution < -0.4 is 0 Å². The average molecular weight is 318 g/mol. The number of sulfonamides is 1. The smallest absolute Gasteiger partial charge is 0.323 e. The predicted octanol–water partition coefficient (Wildman–Crippen LogP) is -0.0188.